The number of rotatable bonds is 5. The maximum atomic E-state index is 14.3. The monoisotopic (exact) mass is 594 g/mol. The third-order valence-corrected chi connectivity index (χ3v) is 8.86. The molecule has 2 amide bonds. The lowest BCUT2D eigenvalue weighted by atomic mass is 9.93. The van der Waals surface area contributed by atoms with Gasteiger partial charge in [-0.05, 0) is 42.4 Å². The van der Waals surface area contributed by atoms with Gasteiger partial charge in [0.25, 0.3) is 0 Å². The summed E-state index contributed by atoms with van der Waals surface area (Å²) in [7, 11) is -1.66. The number of likely N-dealkylation sites (N-methyl/N-ethyl adjacent to an activating group) is 1. The molecule has 2 aliphatic heterocycles. The first-order valence-corrected chi connectivity index (χ1v) is 14.4. The van der Waals surface area contributed by atoms with Gasteiger partial charge in [-0.2, -0.15) is 17.5 Å². The van der Waals surface area contributed by atoms with Gasteiger partial charge in [0.2, 0.25) is 10.0 Å². The summed E-state index contributed by atoms with van der Waals surface area (Å²) < 4.78 is 92.4. The van der Waals surface area contributed by atoms with Crippen molar-refractivity contribution >= 4 is 27.7 Å². The number of carbonyl (C=O) groups is 1. The minimum absolute atomic E-state index is 0.0569. The molecule has 0 radical (unpaired) electrons. The lowest BCUT2D eigenvalue weighted by Crippen LogP contribution is -2.53. The molecule has 4 rings (SSSR count). The number of piperazine rings is 1. The predicted octanol–water partition coefficient (Wildman–Crippen LogP) is 4.23. The fourth-order valence-electron chi connectivity index (χ4n) is 5.16. The highest BCUT2D eigenvalue weighted by Crippen LogP contribution is 2.35. The second kappa shape index (κ2) is 11.2. The van der Waals surface area contributed by atoms with Crippen LogP contribution < -0.4 is 0 Å². The van der Waals surface area contributed by atoms with Crippen LogP contribution in [0, 0.1) is 11.6 Å². The second-order valence-corrected chi connectivity index (χ2v) is 12.3. The van der Waals surface area contributed by atoms with Crippen molar-refractivity contribution in [1.29, 1.82) is 0 Å². The Kier molecular flexibility index (Phi) is 8.46. The average molecular weight is 595 g/mol. The first kappa shape index (κ1) is 29.5. The molecule has 0 saturated carbocycles. The molecular weight excluding hydrogens is 567 g/mol. The molecule has 2 saturated heterocycles. The first-order valence-electron chi connectivity index (χ1n) is 12.1. The van der Waals surface area contributed by atoms with Gasteiger partial charge >= 0.3 is 12.2 Å². The van der Waals surface area contributed by atoms with Gasteiger partial charge in [0, 0.05) is 57.8 Å². The zero-order valence-electron chi connectivity index (χ0n) is 21.3. The summed E-state index contributed by atoms with van der Waals surface area (Å²) in [6.45, 7) is 1.31. The number of likely N-dealkylation sites (tertiary alicyclic amines) is 1. The Balaban J connectivity index is 1.54. The number of hydrogen-bond acceptors (Lipinski definition) is 4. The number of benzene rings is 2. The standard InChI is InChI=1S/C25H28ClF5N4O3S/c1-32(13-16-3-5-19(21(27)11-16)25(29,30)31)23-15-34(14-18(23)17-4-6-20(26)22(28)12-17)24(36)33-7-9-35(10-8-33)39(2,37)38/h3-6,11-12,18,23H,7-10,13-15H2,1-2H3. The summed E-state index contributed by atoms with van der Waals surface area (Å²) in [6.07, 6.45) is -3.69. The second-order valence-electron chi connectivity index (χ2n) is 9.91. The molecule has 0 aromatic heterocycles. The minimum atomic E-state index is -4.81. The highest BCUT2D eigenvalue weighted by molar-refractivity contribution is 7.88. The molecule has 39 heavy (non-hydrogen) atoms. The van der Waals surface area contributed by atoms with Crippen LogP contribution in [-0.4, -0.2) is 92.1 Å². The zero-order chi connectivity index (χ0) is 28.7. The topological polar surface area (TPSA) is 64.2 Å². The number of halogens is 6. The van der Waals surface area contributed by atoms with Crippen molar-refractivity contribution in [3.05, 3.63) is 69.7 Å². The summed E-state index contributed by atoms with van der Waals surface area (Å²) in [4.78, 5) is 18.3. The van der Waals surface area contributed by atoms with Crippen LogP contribution in [0.1, 0.15) is 22.6 Å². The Bertz CT molecular complexity index is 1340. The van der Waals surface area contributed by atoms with Gasteiger partial charge in [-0.25, -0.2) is 22.0 Å². The van der Waals surface area contributed by atoms with E-state index in [2.05, 4.69) is 0 Å². The van der Waals surface area contributed by atoms with Crippen LogP contribution in [0.15, 0.2) is 36.4 Å². The third kappa shape index (κ3) is 6.64. The molecule has 14 heteroatoms. The zero-order valence-corrected chi connectivity index (χ0v) is 22.8. The van der Waals surface area contributed by atoms with Crippen LogP contribution in [0.4, 0.5) is 26.7 Å². The van der Waals surface area contributed by atoms with Gasteiger partial charge in [0.15, 0.2) is 0 Å². The SMILES string of the molecule is CN(Cc1ccc(C(F)(F)F)c(F)c1)C1CN(C(=O)N2CCN(S(C)(=O)=O)CC2)CC1c1ccc(Cl)c(F)c1. The Hall–Kier alpha value is -2.48. The Morgan fingerprint density at radius 2 is 1.67 bits per heavy atom. The Morgan fingerprint density at radius 1 is 1.00 bits per heavy atom. The highest BCUT2D eigenvalue weighted by Gasteiger charge is 2.41. The van der Waals surface area contributed by atoms with Gasteiger partial charge in [-0.15, -0.1) is 0 Å². The molecular formula is C25H28ClF5N4O3S. The summed E-state index contributed by atoms with van der Waals surface area (Å²) in [5.41, 5.74) is -0.452. The van der Waals surface area contributed by atoms with Crippen LogP contribution in [0.3, 0.4) is 0 Å². The van der Waals surface area contributed by atoms with Gasteiger partial charge < -0.3 is 9.80 Å². The molecule has 0 aliphatic carbocycles. The predicted molar refractivity (Wildman–Crippen MR) is 136 cm³/mol. The maximum Gasteiger partial charge on any atom is 0.419 e. The van der Waals surface area contributed by atoms with E-state index in [1.165, 1.54) is 22.5 Å². The minimum Gasteiger partial charge on any atom is -0.322 e. The van der Waals surface area contributed by atoms with Crippen LogP contribution >= 0.6 is 11.6 Å². The van der Waals surface area contributed by atoms with Crippen LogP contribution in [0.2, 0.25) is 5.02 Å². The molecule has 2 aliphatic rings. The quantitative estimate of drug-likeness (QED) is 0.486. The molecule has 2 aromatic carbocycles. The van der Waals surface area contributed by atoms with E-state index in [0.29, 0.717) is 17.2 Å². The van der Waals surface area contributed by atoms with Crippen molar-refractivity contribution in [3.8, 4) is 0 Å². The molecule has 2 heterocycles. The number of alkyl halides is 3. The van der Waals surface area contributed by atoms with Gasteiger partial charge in [0.1, 0.15) is 11.6 Å². The van der Waals surface area contributed by atoms with Crippen LogP contribution in [0.25, 0.3) is 0 Å². The van der Waals surface area contributed by atoms with E-state index >= 15 is 0 Å². The first-order chi connectivity index (χ1) is 18.1. The maximum absolute atomic E-state index is 14.3. The summed E-state index contributed by atoms with van der Waals surface area (Å²) in [5, 5.41) is -0.0569. The van der Waals surface area contributed by atoms with Crippen molar-refractivity contribution in [2.24, 2.45) is 0 Å². The van der Waals surface area contributed by atoms with Gasteiger partial charge in [-0.1, -0.05) is 23.7 Å². The van der Waals surface area contributed by atoms with E-state index in [4.69, 9.17) is 11.6 Å². The molecule has 0 spiro atoms. The van der Waals surface area contributed by atoms with Crippen molar-refractivity contribution < 1.29 is 35.2 Å². The van der Waals surface area contributed by atoms with E-state index in [9.17, 15) is 35.2 Å². The molecule has 2 fully saturated rings. The fraction of sp³-hybridized carbons (Fsp3) is 0.480. The lowest BCUT2D eigenvalue weighted by Gasteiger charge is -2.35. The number of sulfonamides is 1. The van der Waals surface area contributed by atoms with Crippen molar-refractivity contribution in [2.75, 3.05) is 52.6 Å². The summed E-state index contributed by atoms with van der Waals surface area (Å²) in [6, 6.07) is 6.46. The molecule has 7 nitrogen and oxygen atoms in total. The third-order valence-electron chi connectivity index (χ3n) is 7.25. The largest absolute Gasteiger partial charge is 0.419 e. The molecule has 2 atom stereocenters. The molecule has 0 bridgehead atoms. The van der Waals surface area contributed by atoms with E-state index in [-0.39, 0.29) is 68.8 Å². The van der Waals surface area contributed by atoms with E-state index in [1.807, 2.05) is 0 Å². The number of amides is 2. The molecule has 2 unspecified atom stereocenters. The lowest BCUT2D eigenvalue weighted by molar-refractivity contribution is -0.140. The Labute approximate surface area is 228 Å². The molecule has 2 aromatic rings. The molecule has 0 N–H and O–H groups in total. The average Bonchev–Trinajstić information content (AvgIpc) is 3.30. The highest BCUT2D eigenvalue weighted by atomic mass is 35.5. The van der Waals surface area contributed by atoms with Gasteiger partial charge in [-0.3, -0.25) is 4.90 Å². The summed E-state index contributed by atoms with van der Waals surface area (Å²) in [5.74, 6) is -2.37. The van der Waals surface area contributed by atoms with E-state index < -0.39 is 33.4 Å². The number of carbonyl (C=O) groups excluding carboxylic acids is 1. The number of urea groups is 1. The summed E-state index contributed by atoms with van der Waals surface area (Å²) >= 11 is 5.86. The van der Waals surface area contributed by atoms with Gasteiger partial charge in [0.05, 0.1) is 16.8 Å². The number of nitrogens with zero attached hydrogens (tertiary/aromatic N) is 4. The Morgan fingerprint density at radius 3 is 2.23 bits per heavy atom. The molecule has 214 valence electrons. The number of hydrogen-bond donors (Lipinski definition) is 0. The fourth-order valence-corrected chi connectivity index (χ4v) is 6.11. The van der Waals surface area contributed by atoms with Crippen molar-refractivity contribution in [2.45, 2.75) is 24.7 Å². The van der Waals surface area contributed by atoms with Crippen LogP contribution in [-0.2, 0) is 22.7 Å². The smallest absolute Gasteiger partial charge is 0.322 e. The van der Waals surface area contributed by atoms with Crippen molar-refractivity contribution in [1.82, 2.24) is 19.0 Å². The van der Waals surface area contributed by atoms with E-state index in [1.54, 1.807) is 27.8 Å². The van der Waals surface area contributed by atoms with E-state index in [0.717, 1.165) is 12.3 Å². The van der Waals surface area contributed by atoms with Crippen LogP contribution in [0.5, 0.6) is 0 Å². The van der Waals surface area contributed by atoms with Crippen molar-refractivity contribution in [3.63, 3.8) is 0 Å². The normalized spacial score (nSPS) is 21.2.